The number of nitrogens with zero attached hydrogens (tertiary/aromatic N) is 2. The first-order valence-electron chi connectivity index (χ1n) is 5.08. The Hall–Kier alpha value is -1.40. The van der Waals surface area contributed by atoms with Crippen LogP contribution in [0.4, 0.5) is 0 Å². The molecule has 5 nitrogen and oxygen atoms in total. The molecule has 86 valence electrons. The molecular weight excluding hydrogens is 224 g/mol. The first-order valence-corrected chi connectivity index (χ1v) is 5.96. The van der Waals surface area contributed by atoms with Gasteiger partial charge in [0.25, 0.3) is 0 Å². The Balaban J connectivity index is 1.90. The SMILES string of the molecule is CC(CC(N)=O)NCc1cn2ccsc2n1. The fraction of sp³-hybridized carbons (Fsp3) is 0.400. The number of nitrogens with two attached hydrogens (primary N) is 1. The zero-order valence-electron chi connectivity index (χ0n) is 9.01. The van der Waals surface area contributed by atoms with E-state index in [2.05, 4.69) is 10.3 Å². The van der Waals surface area contributed by atoms with Crippen molar-refractivity contribution in [2.75, 3.05) is 0 Å². The summed E-state index contributed by atoms with van der Waals surface area (Å²) in [5.41, 5.74) is 6.09. The molecule has 0 bridgehead atoms. The van der Waals surface area contributed by atoms with Crippen LogP contribution in [0.5, 0.6) is 0 Å². The normalized spacial score (nSPS) is 13.1. The molecule has 0 radical (unpaired) electrons. The molecule has 0 aliphatic rings. The lowest BCUT2D eigenvalue weighted by Crippen LogP contribution is -2.30. The third-order valence-corrected chi connectivity index (χ3v) is 3.05. The van der Waals surface area contributed by atoms with Gasteiger partial charge in [-0.15, -0.1) is 11.3 Å². The van der Waals surface area contributed by atoms with Gasteiger partial charge in [0.1, 0.15) is 0 Å². The molecule has 1 unspecified atom stereocenters. The summed E-state index contributed by atoms with van der Waals surface area (Å²) in [6, 6.07) is 0.0808. The highest BCUT2D eigenvalue weighted by molar-refractivity contribution is 7.15. The fourth-order valence-corrected chi connectivity index (χ4v) is 2.23. The van der Waals surface area contributed by atoms with E-state index >= 15 is 0 Å². The van der Waals surface area contributed by atoms with Gasteiger partial charge in [-0.2, -0.15) is 0 Å². The molecule has 0 saturated heterocycles. The molecule has 0 aliphatic carbocycles. The van der Waals surface area contributed by atoms with Gasteiger partial charge in [0.05, 0.1) is 5.69 Å². The number of primary amides is 1. The number of nitrogens with one attached hydrogen (secondary N) is 1. The molecule has 0 fully saturated rings. The van der Waals surface area contributed by atoms with Crippen molar-refractivity contribution >= 4 is 22.2 Å². The Kier molecular flexibility index (Phi) is 3.21. The second-order valence-electron chi connectivity index (χ2n) is 3.78. The summed E-state index contributed by atoms with van der Waals surface area (Å²) in [5, 5.41) is 5.20. The van der Waals surface area contributed by atoms with Gasteiger partial charge in [-0.05, 0) is 6.92 Å². The third-order valence-electron chi connectivity index (χ3n) is 2.28. The summed E-state index contributed by atoms with van der Waals surface area (Å²) in [5.74, 6) is -0.286. The third kappa shape index (κ3) is 2.59. The number of fused-ring (bicyclic) bond motifs is 1. The molecule has 2 rings (SSSR count). The van der Waals surface area contributed by atoms with Gasteiger partial charge < -0.3 is 11.1 Å². The maximum absolute atomic E-state index is 10.7. The smallest absolute Gasteiger partial charge is 0.218 e. The van der Waals surface area contributed by atoms with Crippen molar-refractivity contribution < 1.29 is 4.79 Å². The minimum absolute atomic E-state index is 0.0808. The van der Waals surface area contributed by atoms with Crippen LogP contribution in [-0.4, -0.2) is 21.3 Å². The molecule has 0 aliphatic heterocycles. The van der Waals surface area contributed by atoms with Gasteiger partial charge in [0, 0.05) is 36.8 Å². The van der Waals surface area contributed by atoms with Gasteiger partial charge in [0.2, 0.25) is 5.91 Å². The average molecular weight is 238 g/mol. The number of rotatable bonds is 5. The molecule has 1 amide bonds. The number of amides is 1. The highest BCUT2D eigenvalue weighted by Gasteiger charge is 2.07. The number of carbonyl (C=O) groups is 1. The molecule has 0 saturated carbocycles. The number of carbonyl (C=O) groups excluding carboxylic acids is 1. The number of imidazole rings is 1. The Bertz CT molecular complexity index is 461. The Labute approximate surface area is 97.3 Å². The molecule has 6 heteroatoms. The van der Waals surface area contributed by atoms with Crippen LogP contribution in [0.2, 0.25) is 0 Å². The van der Waals surface area contributed by atoms with Crippen molar-refractivity contribution in [2.24, 2.45) is 5.73 Å². The van der Waals surface area contributed by atoms with Crippen LogP contribution in [0, 0.1) is 0 Å². The minimum Gasteiger partial charge on any atom is -0.370 e. The molecule has 3 N–H and O–H groups in total. The topological polar surface area (TPSA) is 72.4 Å². The number of hydrogen-bond acceptors (Lipinski definition) is 4. The summed E-state index contributed by atoms with van der Waals surface area (Å²) in [6.45, 7) is 2.59. The Morgan fingerprint density at radius 3 is 3.25 bits per heavy atom. The maximum Gasteiger partial charge on any atom is 0.218 e. The second-order valence-corrected chi connectivity index (χ2v) is 4.65. The standard InChI is InChI=1S/C10H14N4OS/c1-7(4-9(11)15)12-5-8-6-14-2-3-16-10(14)13-8/h2-3,6-7,12H,4-5H2,1H3,(H2,11,15). The van der Waals surface area contributed by atoms with E-state index < -0.39 is 0 Å². The molecule has 2 aromatic heterocycles. The first-order chi connectivity index (χ1) is 7.65. The lowest BCUT2D eigenvalue weighted by atomic mass is 10.2. The van der Waals surface area contributed by atoms with Crippen LogP contribution in [0.1, 0.15) is 19.0 Å². The Morgan fingerprint density at radius 1 is 1.75 bits per heavy atom. The van der Waals surface area contributed by atoms with Gasteiger partial charge in [-0.1, -0.05) is 0 Å². The Morgan fingerprint density at radius 2 is 2.56 bits per heavy atom. The first kappa shape index (κ1) is 11.1. The predicted octanol–water partition coefficient (Wildman–Crippen LogP) is 0.749. The quantitative estimate of drug-likeness (QED) is 0.807. The highest BCUT2D eigenvalue weighted by atomic mass is 32.1. The predicted molar refractivity (Wildman–Crippen MR) is 63.2 cm³/mol. The van der Waals surface area contributed by atoms with Crippen molar-refractivity contribution in [1.82, 2.24) is 14.7 Å². The van der Waals surface area contributed by atoms with E-state index in [1.165, 1.54) is 0 Å². The monoisotopic (exact) mass is 238 g/mol. The number of thiazole rings is 1. The second kappa shape index (κ2) is 4.63. The highest BCUT2D eigenvalue weighted by Crippen LogP contribution is 2.11. The summed E-state index contributed by atoms with van der Waals surface area (Å²) in [6.07, 6.45) is 4.31. The van der Waals surface area contributed by atoms with E-state index in [-0.39, 0.29) is 11.9 Å². The summed E-state index contributed by atoms with van der Waals surface area (Å²) >= 11 is 1.60. The molecule has 16 heavy (non-hydrogen) atoms. The van der Waals surface area contributed by atoms with Crippen LogP contribution in [-0.2, 0) is 11.3 Å². The fourth-order valence-electron chi connectivity index (χ4n) is 1.51. The molecule has 0 spiro atoms. The maximum atomic E-state index is 10.7. The van der Waals surface area contributed by atoms with Crippen molar-refractivity contribution in [3.05, 3.63) is 23.5 Å². The molecule has 2 aromatic rings. The van der Waals surface area contributed by atoms with E-state index in [4.69, 9.17) is 5.73 Å². The minimum atomic E-state index is -0.286. The van der Waals surface area contributed by atoms with E-state index in [1.54, 1.807) is 11.3 Å². The van der Waals surface area contributed by atoms with Crippen LogP contribution in [0.3, 0.4) is 0 Å². The summed E-state index contributed by atoms with van der Waals surface area (Å²) < 4.78 is 1.99. The molecule has 1 atom stereocenters. The van der Waals surface area contributed by atoms with Crippen LogP contribution < -0.4 is 11.1 Å². The summed E-state index contributed by atoms with van der Waals surface area (Å²) in [4.78, 5) is 16.1. The molecule has 0 aromatic carbocycles. The van der Waals surface area contributed by atoms with Gasteiger partial charge in [0.15, 0.2) is 4.96 Å². The van der Waals surface area contributed by atoms with Gasteiger partial charge >= 0.3 is 0 Å². The zero-order valence-corrected chi connectivity index (χ0v) is 9.83. The van der Waals surface area contributed by atoms with Gasteiger partial charge in [-0.3, -0.25) is 9.20 Å². The van der Waals surface area contributed by atoms with Crippen LogP contribution in [0.15, 0.2) is 17.8 Å². The number of aromatic nitrogens is 2. The van der Waals surface area contributed by atoms with Crippen molar-refractivity contribution in [3.8, 4) is 0 Å². The van der Waals surface area contributed by atoms with Crippen LogP contribution >= 0.6 is 11.3 Å². The molecular formula is C10H14N4OS. The largest absolute Gasteiger partial charge is 0.370 e. The van der Waals surface area contributed by atoms with E-state index in [0.717, 1.165) is 10.7 Å². The average Bonchev–Trinajstić information content (AvgIpc) is 2.72. The van der Waals surface area contributed by atoms with E-state index in [9.17, 15) is 4.79 Å². The van der Waals surface area contributed by atoms with Gasteiger partial charge in [-0.25, -0.2) is 4.98 Å². The molecule has 2 heterocycles. The lowest BCUT2D eigenvalue weighted by Gasteiger charge is -2.09. The van der Waals surface area contributed by atoms with Crippen molar-refractivity contribution in [1.29, 1.82) is 0 Å². The van der Waals surface area contributed by atoms with E-state index in [0.29, 0.717) is 13.0 Å². The van der Waals surface area contributed by atoms with E-state index in [1.807, 2.05) is 29.1 Å². The van der Waals surface area contributed by atoms with Crippen LogP contribution in [0.25, 0.3) is 4.96 Å². The lowest BCUT2D eigenvalue weighted by molar-refractivity contribution is -0.118. The van der Waals surface area contributed by atoms with Crippen molar-refractivity contribution in [2.45, 2.75) is 25.9 Å². The van der Waals surface area contributed by atoms with Crippen molar-refractivity contribution in [3.63, 3.8) is 0 Å². The zero-order chi connectivity index (χ0) is 11.5. The summed E-state index contributed by atoms with van der Waals surface area (Å²) in [7, 11) is 0. The number of hydrogen-bond donors (Lipinski definition) is 2.